The fourth-order valence-electron chi connectivity index (χ4n) is 5.20. The average Bonchev–Trinajstić information content (AvgIpc) is 2.76. The monoisotopic (exact) mass is 403 g/mol. The number of rotatable bonds is 7. The average molecular weight is 404 g/mol. The van der Waals surface area contributed by atoms with Crippen LogP contribution in [0.5, 0.6) is 0 Å². The van der Waals surface area contributed by atoms with E-state index in [9.17, 15) is 0 Å². The van der Waals surface area contributed by atoms with Gasteiger partial charge in [0.2, 0.25) is 0 Å². The lowest BCUT2D eigenvalue weighted by Crippen LogP contribution is -2.42. The maximum Gasteiger partial charge on any atom is 0.122 e. The van der Waals surface area contributed by atoms with E-state index in [1.54, 1.807) is 5.57 Å². The molecule has 2 aliphatic carbocycles. The minimum atomic E-state index is -0.00779. The summed E-state index contributed by atoms with van der Waals surface area (Å²) in [4.78, 5) is 0. The lowest BCUT2D eigenvalue weighted by molar-refractivity contribution is -0.102. The zero-order chi connectivity index (χ0) is 21.0. The number of nitrogens with one attached hydrogen (secondary N) is 1. The van der Waals surface area contributed by atoms with E-state index in [0.717, 1.165) is 48.4 Å². The summed E-state index contributed by atoms with van der Waals surface area (Å²) in [6, 6.07) is 16.4. The van der Waals surface area contributed by atoms with Crippen LogP contribution in [0.1, 0.15) is 56.1 Å². The molecular formula is C26H33N3O. The lowest BCUT2D eigenvalue weighted by Gasteiger charge is -2.46. The maximum absolute atomic E-state index is 7.69. The Balaban J connectivity index is 1.49. The quantitative estimate of drug-likeness (QED) is 0.339. The molecule has 158 valence electrons. The van der Waals surface area contributed by atoms with Crippen LogP contribution in [0.25, 0.3) is 11.1 Å². The molecule has 2 aliphatic rings. The van der Waals surface area contributed by atoms with Crippen molar-refractivity contribution in [2.45, 2.75) is 57.2 Å². The van der Waals surface area contributed by atoms with Crippen molar-refractivity contribution in [3.8, 4) is 11.1 Å². The smallest absolute Gasteiger partial charge is 0.122 e. The minimum Gasteiger partial charge on any atom is -0.384 e. The van der Waals surface area contributed by atoms with Crippen LogP contribution in [-0.2, 0) is 11.3 Å². The lowest BCUT2D eigenvalue weighted by atomic mass is 9.67. The highest BCUT2D eigenvalue weighted by atomic mass is 16.5. The van der Waals surface area contributed by atoms with Crippen LogP contribution < -0.4 is 11.5 Å². The summed E-state index contributed by atoms with van der Waals surface area (Å²) in [5, 5.41) is 7.69. The summed E-state index contributed by atoms with van der Waals surface area (Å²) >= 11 is 0. The molecule has 2 aromatic carbocycles. The summed E-state index contributed by atoms with van der Waals surface area (Å²) in [6.45, 7) is 1.36. The van der Waals surface area contributed by atoms with E-state index < -0.39 is 0 Å². The Labute approximate surface area is 179 Å². The molecule has 2 bridgehead atoms. The summed E-state index contributed by atoms with van der Waals surface area (Å²) in [5.74, 6) is 0.857. The summed E-state index contributed by atoms with van der Waals surface area (Å²) in [5.41, 5.74) is 17.1. The molecule has 0 spiro atoms. The van der Waals surface area contributed by atoms with Gasteiger partial charge in [-0.05, 0) is 79.8 Å². The standard InChI is InChI=1S/C26H33N3O/c27-12-4-7-20-13-19-6-3-11-26(16-19,17-20)30-18-21-5-1-8-22(14-21)23-9-2-10-24(15-23)25(28)29/h1-2,5,7-10,14-15,19H,3-4,6,11-13,16-18,27H2,(H3,28,29)/b20-7+. The zero-order valence-electron chi connectivity index (χ0n) is 17.7. The van der Waals surface area contributed by atoms with Crippen LogP contribution in [0.15, 0.2) is 60.2 Å². The third-order valence-electron chi connectivity index (χ3n) is 6.58. The first-order valence-corrected chi connectivity index (χ1v) is 11.1. The van der Waals surface area contributed by atoms with Gasteiger partial charge in [-0.1, -0.05) is 54.5 Å². The van der Waals surface area contributed by atoms with E-state index in [4.69, 9.17) is 21.6 Å². The first kappa shape index (κ1) is 20.8. The molecule has 2 atom stereocenters. The molecule has 0 heterocycles. The summed E-state index contributed by atoms with van der Waals surface area (Å²) in [7, 11) is 0. The minimum absolute atomic E-state index is 0.00779. The molecule has 4 rings (SSSR count). The molecule has 2 fully saturated rings. The van der Waals surface area contributed by atoms with Crippen molar-refractivity contribution in [2.24, 2.45) is 17.4 Å². The fraction of sp³-hybridized carbons (Fsp3) is 0.423. The Morgan fingerprint density at radius 3 is 2.77 bits per heavy atom. The van der Waals surface area contributed by atoms with Gasteiger partial charge < -0.3 is 16.2 Å². The number of fused-ring (bicyclic) bond motifs is 2. The first-order chi connectivity index (χ1) is 14.6. The number of hydrogen-bond donors (Lipinski definition) is 3. The van der Waals surface area contributed by atoms with Gasteiger partial charge in [0.05, 0.1) is 12.2 Å². The van der Waals surface area contributed by atoms with Gasteiger partial charge in [-0.2, -0.15) is 0 Å². The molecule has 4 nitrogen and oxygen atoms in total. The molecule has 4 heteroatoms. The topological polar surface area (TPSA) is 85.1 Å². The Kier molecular flexibility index (Phi) is 6.35. The molecule has 2 unspecified atom stereocenters. The van der Waals surface area contributed by atoms with Crippen molar-refractivity contribution in [2.75, 3.05) is 6.54 Å². The molecule has 5 N–H and O–H groups in total. The van der Waals surface area contributed by atoms with Gasteiger partial charge in [-0.15, -0.1) is 0 Å². The second-order valence-corrected chi connectivity index (χ2v) is 8.95. The second-order valence-electron chi connectivity index (χ2n) is 8.95. The van der Waals surface area contributed by atoms with Crippen LogP contribution in [0.4, 0.5) is 0 Å². The zero-order valence-corrected chi connectivity index (χ0v) is 17.7. The van der Waals surface area contributed by atoms with Gasteiger partial charge >= 0.3 is 0 Å². The third-order valence-corrected chi connectivity index (χ3v) is 6.58. The van der Waals surface area contributed by atoms with Crippen molar-refractivity contribution >= 4 is 5.84 Å². The summed E-state index contributed by atoms with van der Waals surface area (Å²) in [6.07, 6.45) is 10.6. The fourth-order valence-corrected chi connectivity index (χ4v) is 5.20. The Hall–Kier alpha value is -2.43. The van der Waals surface area contributed by atoms with E-state index in [1.165, 1.54) is 31.2 Å². The highest BCUT2D eigenvalue weighted by Gasteiger charge is 2.41. The largest absolute Gasteiger partial charge is 0.384 e. The molecule has 30 heavy (non-hydrogen) atoms. The van der Waals surface area contributed by atoms with Gasteiger partial charge in [0.1, 0.15) is 5.84 Å². The van der Waals surface area contributed by atoms with Crippen molar-refractivity contribution in [1.82, 2.24) is 0 Å². The summed E-state index contributed by atoms with van der Waals surface area (Å²) < 4.78 is 6.66. The van der Waals surface area contributed by atoms with Crippen LogP contribution in [0.3, 0.4) is 0 Å². The van der Waals surface area contributed by atoms with Crippen molar-refractivity contribution in [3.05, 3.63) is 71.3 Å². The molecule has 2 saturated carbocycles. The molecule has 0 saturated heterocycles. The number of benzene rings is 2. The van der Waals surface area contributed by atoms with Crippen LogP contribution in [-0.4, -0.2) is 18.0 Å². The first-order valence-electron chi connectivity index (χ1n) is 11.1. The van der Waals surface area contributed by atoms with E-state index >= 15 is 0 Å². The van der Waals surface area contributed by atoms with Gasteiger partial charge in [0.25, 0.3) is 0 Å². The van der Waals surface area contributed by atoms with E-state index in [-0.39, 0.29) is 11.4 Å². The Morgan fingerprint density at radius 1 is 1.17 bits per heavy atom. The molecule has 0 radical (unpaired) electrons. The number of amidine groups is 1. The SMILES string of the molecule is N=C(N)c1cccc(-c2cccc(COC34CCCC(C/C(=C\CCN)C3)C4)c2)c1. The van der Waals surface area contributed by atoms with Gasteiger partial charge in [-0.3, -0.25) is 5.41 Å². The van der Waals surface area contributed by atoms with Crippen LogP contribution in [0.2, 0.25) is 0 Å². The maximum atomic E-state index is 7.69. The Bertz CT molecular complexity index is 935. The predicted molar refractivity (Wildman–Crippen MR) is 123 cm³/mol. The number of nitrogens with two attached hydrogens (primary N) is 2. The second kappa shape index (κ2) is 9.15. The number of nitrogen functional groups attached to an aromatic ring is 1. The van der Waals surface area contributed by atoms with Crippen molar-refractivity contribution < 1.29 is 4.74 Å². The van der Waals surface area contributed by atoms with E-state index in [2.05, 4.69) is 36.4 Å². The van der Waals surface area contributed by atoms with E-state index in [1.807, 2.05) is 18.2 Å². The highest BCUT2D eigenvalue weighted by molar-refractivity contribution is 5.96. The van der Waals surface area contributed by atoms with Gasteiger partial charge in [-0.25, -0.2) is 0 Å². The van der Waals surface area contributed by atoms with Crippen molar-refractivity contribution in [1.29, 1.82) is 5.41 Å². The van der Waals surface area contributed by atoms with E-state index in [0.29, 0.717) is 6.61 Å². The number of ether oxygens (including phenoxy) is 1. The normalized spacial score (nSPS) is 24.7. The Morgan fingerprint density at radius 2 is 1.97 bits per heavy atom. The van der Waals surface area contributed by atoms with Crippen LogP contribution in [0, 0.1) is 11.3 Å². The van der Waals surface area contributed by atoms with Gasteiger partial charge in [0, 0.05) is 5.56 Å². The predicted octanol–water partition coefficient (Wildman–Crippen LogP) is 5.15. The molecule has 0 aliphatic heterocycles. The molecule has 2 aromatic rings. The molecule has 0 amide bonds. The molecular weight excluding hydrogens is 370 g/mol. The van der Waals surface area contributed by atoms with Crippen molar-refractivity contribution in [3.63, 3.8) is 0 Å². The highest BCUT2D eigenvalue weighted by Crippen LogP contribution is 2.47. The third kappa shape index (κ3) is 4.82. The molecule has 0 aromatic heterocycles. The van der Waals surface area contributed by atoms with Crippen LogP contribution >= 0.6 is 0 Å². The van der Waals surface area contributed by atoms with Gasteiger partial charge in [0.15, 0.2) is 0 Å². The number of hydrogen-bond acceptors (Lipinski definition) is 3.